The molecule has 4 aromatic rings. The average Bonchev–Trinajstić information content (AvgIpc) is 2.89. The van der Waals surface area contributed by atoms with Gasteiger partial charge in [-0.05, 0) is 53.9 Å². The fraction of sp³-hybridized carbons (Fsp3) is 0.100. The molecule has 0 heterocycles. The molecule has 6 heteroatoms. The van der Waals surface area contributed by atoms with Crippen molar-refractivity contribution in [3.8, 4) is 11.5 Å². The summed E-state index contributed by atoms with van der Waals surface area (Å²) in [6.07, 6.45) is 3.89. The molecule has 0 atom stereocenters. The van der Waals surface area contributed by atoms with Crippen LogP contribution >= 0.6 is 0 Å². The van der Waals surface area contributed by atoms with Gasteiger partial charge in [0, 0.05) is 5.56 Å². The highest BCUT2D eigenvalue weighted by Gasteiger charge is 2.14. The first-order chi connectivity index (χ1) is 17.5. The maximum atomic E-state index is 12.7. The van der Waals surface area contributed by atoms with Crippen LogP contribution in [0.2, 0.25) is 0 Å². The first-order valence-corrected chi connectivity index (χ1v) is 11.5. The molecule has 6 nitrogen and oxygen atoms in total. The van der Waals surface area contributed by atoms with E-state index in [9.17, 15) is 9.59 Å². The zero-order chi connectivity index (χ0) is 25.3. The summed E-state index contributed by atoms with van der Waals surface area (Å²) < 4.78 is 11.4. The third-order valence-corrected chi connectivity index (χ3v) is 5.50. The molecule has 0 unspecified atom stereocenters. The maximum Gasteiger partial charge on any atom is 0.343 e. The van der Waals surface area contributed by atoms with Crippen molar-refractivity contribution < 1.29 is 19.1 Å². The fourth-order valence-electron chi connectivity index (χ4n) is 3.66. The number of allylic oxidation sites excluding steroid dienone is 1. The normalized spacial score (nSPS) is 10.8. The number of carbonyl (C=O) groups excluding carboxylic acids is 2. The van der Waals surface area contributed by atoms with Gasteiger partial charge in [0.2, 0.25) is 0 Å². The van der Waals surface area contributed by atoms with E-state index in [0.29, 0.717) is 29.0 Å². The topological polar surface area (TPSA) is 77.0 Å². The van der Waals surface area contributed by atoms with Crippen molar-refractivity contribution in [1.82, 2.24) is 5.43 Å². The van der Waals surface area contributed by atoms with Crippen LogP contribution in [0.25, 0.3) is 10.8 Å². The highest BCUT2D eigenvalue weighted by atomic mass is 16.5. The Morgan fingerprint density at radius 1 is 0.917 bits per heavy atom. The summed E-state index contributed by atoms with van der Waals surface area (Å²) in [6, 6.07) is 25.9. The second-order valence-corrected chi connectivity index (χ2v) is 8.14. The number of rotatable bonds is 9. The van der Waals surface area contributed by atoms with E-state index in [1.54, 1.807) is 30.3 Å². The number of hydrogen-bond donors (Lipinski definition) is 1. The van der Waals surface area contributed by atoms with Gasteiger partial charge in [0.25, 0.3) is 5.91 Å². The summed E-state index contributed by atoms with van der Waals surface area (Å²) in [5, 5.41) is 5.88. The average molecular weight is 479 g/mol. The van der Waals surface area contributed by atoms with Gasteiger partial charge in [-0.25, -0.2) is 10.2 Å². The minimum atomic E-state index is -0.476. The number of esters is 1. The van der Waals surface area contributed by atoms with E-state index in [0.717, 1.165) is 21.9 Å². The third-order valence-electron chi connectivity index (χ3n) is 5.50. The van der Waals surface area contributed by atoms with Gasteiger partial charge in [0.05, 0.1) is 11.8 Å². The molecule has 0 aliphatic rings. The van der Waals surface area contributed by atoms with Crippen molar-refractivity contribution in [3.05, 3.63) is 120 Å². The van der Waals surface area contributed by atoms with E-state index in [2.05, 4.69) is 17.1 Å². The summed E-state index contributed by atoms with van der Waals surface area (Å²) in [7, 11) is 0. The Bertz CT molecular complexity index is 1420. The summed E-state index contributed by atoms with van der Waals surface area (Å²) in [5.41, 5.74) is 5.49. The lowest BCUT2D eigenvalue weighted by Gasteiger charge is -2.11. The van der Waals surface area contributed by atoms with E-state index in [-0.39, 0.29) is 6.61 Å². The molecule has 4 rings (SSSR count). The Labute approximate surface area is 209 Å². The van der Waals surface area contributed by atoms with Gasteiger partial charge in [-0.1, -0.05) is 72.3 Å². The number of amides is 1. The van der Waals surface area contributed by atoms with Gasteiger partial charge in [-0.2, -0.15) is 5.10 Å². The second kappa shape index (κ2) is 11.6. The SMILES string of the molecule is C=CCc1ccccc1OCC(=O)N/N=C/c1c(OC(=O)c2ccc(C)cc2)ccc2ccccc12. The first kappa shape index (κ1) is 24.4. The van der Waals surface area contributed by atoms with E-state index >= 15 is 0 Å². The van der Waals surface area contributed by atoms with Crippen molar-refractivity contribution in [2.75, 3.05) is 6.61 Å². The number of ether oxygens (including phenoxy) is 2. The Kier molecular flexibility index (Phi) is 7.88. The van der Waals surface area contributed by atoms with Crippen LogP contribution in [0.4, 0.5) is 0 Å². The van der Waals surface area contributed by atoms with Gasteiger partial charge in [0.1, 0.15) is 11.5 Å². The predicted molar refractivity (Wildman–Crippen MR) is 142 cm³/mol. The largest absolute Gasteiger partial charge is 0.483 e. The number of hydrazone groups is 1. The van der Waals surface area contributed by atoms with Crippen molar-refractivity contribution >= 4 is 28.9 Å². The Balaban J connectivity index is 1.49. The van der Waals surface area contributed by atoms with Crippen molar-refractivity contribution in [3.63, 3.8) is 0 Å². The van der Waals surface area contributed by atoms with Crippen LogP contribution in [-0.4, -0.2) is 24.7 Å². The molecule has 0 bridgehead atoms. The number of hydrogen-bond acceptors (Lipinski definition) is 5. The quantitative estimate of drug-likeness (QED) is 0.111. The van der Waals surface area contributed by atoms with Crippen molar-refractivity contribution in [2.45, 2.75) is 13.3 Å². The van der Waals surface area contributed by atoms with Crippen LogP contribution in [0.1, 0.15) is 27.0 Å². The van der Waals surface area contributed by atoms with Gasteiger partial charge in [-0.3, -0.25) is 4.79 Å². The molecule has 1 N–H and O–H groups in total. The highest BCUT2D eigenvalue weighted by Crippen LogP contribution is 2.27. The lowest BCUT2D eigenvalue weighted by atomic mass is 10.0. The van der Waals surface area contributed by atoms with E-state index in [1.165, 1.54) is 6.21 Å². The van der Waals surface area contributed by atoms with Crippen LogP contribution in [0.5, 0.6) is 11.5 Å². The number of nitrogens with zero attached hydrogens (tertiary/aromatic N) is 1. The molecule has 0 aliphatic carbocycles. The Morgan fingerprint density at radius 3 is 2.47 bits per heavy atom. The van der Waals surface area contributed by atoms with E-state index < -0.39 is 11.9 Å². The Morgan fingerprint density at radius 2 is 1.67 bits per heavy atom. The van der Waals surface area contributed by atoms with Crippen LogP contribution in [0, 0.1) is 6.92 Å². The zero-order valence-electron chi connectivity index (χ0n) is 19.9. The standard InChI is InChI=1S/C30H26N2O4/c1-3-8-23-10-5-7-12-27(23)35-20-29(33)32-31-19-26-25-11-6-4-9-22(25)17-18-28(26)36-30(34)24-15-13-21(2)14-16-24/h3-7,9-19H,1,8,20H2,2H3,(H,32,33)/b31-19+. The molecule has 4 aromatic carbocycles. The van der Waals surface area contributed by atoms with Crippen molar-refractivity contribution in [1.29, 1.82) is 0 Å². The van der Waals surface area contributed by atoms with E-state index in [4.69, 9.17) is 9.47 Å². The zero-order valence-corrected chi connectivity index (χ0v) is 19.9. The van der Waals surface area contributed by atoms with E-state index in [1.807, 2.05) is 67.6 Å². The molecule has 0 fully saturated rings. The van der Waals surface area contributed by atoms with Gasteiger partial charge in [0.15, 0.2) is 6.61 Å². The van der Waals surface area contributed by atoms with Crippen LogP contribution in [-0.2, 0) is 11.2 Å². The second-order valence-electron chi connectivity index (χ2n) is 8.14. The fourth-order valence-corrected chi connectivity index (χ4v) is 3.66. The van der Waals surface area contributed by atoms with Gasteiger partial charge < -0.3 is 9.47 Å². The van der Waals surface area contributed by atoms with Gasteiger partial charge >= 0.3 is 5.97 Å². The van der Waals surface area contributed by atoms with Crippen LogP contribution in [0.3, 0.4) is 0 Å². The third kappa shape index (κ3) is 6.04. The maximum absolute atomic E-state index is 12.7. The Hall–Kier alpha value is -4.71. The first-order valence-electron chi connectivity index (χ1n) is 11.5. The number of nitrogens with one attached hydrogen (secondary N) is 1. The lowest BCUT2D eigenvalue weighted by Crippen LogP contribution is -2.25. The molecule has 36 heavy (non-hydrogen) atoms. The molecule has 180 valence electrons. The monoisotopic (exact) mass is 478 g/mol. The number of benzene rings is 4. The lowest BCUT2D eigenvalue weighted by molar-refractivity contribution is -0.123. The molecule has 0 aromatic heterocycles. The molecule has 1 amide bonds. The number of aryl methyl sites for hydroxylation is 1. The minimum absolute atomic E-state index is 0.198. The molecule has 0 spiro atoms. The summed E-state index contributed by atoms with van der Waals surface area (Å²) in [4.78, 5) is 25.1. The number of fused-ring (bicyclic) bond motifs is 1. The molecule has 0 saturated carbocycles. The van der Waals surface area contributed by atoms with Crippen LogP contribution in [0.15, 0.2) is 103 Å². The molecule has 0 saturated heterocycles. The van der Waals surface area contributed by atoms with Crippen molar-refractivity contribution in [2.24, 2.45) is 5.10 Å². The summed E-state index contributed by atoms with van der Waals surface area (Å²) >= 11 is 0. The molecular weight excluding hydrogens is 452 g/mol. The molecule has 0 radical (unpaired) electrons. The summed E-state index contributed by atoms with van der Waals surface area (Å²) in [6.45, 7) is 5.50. The minimum Gasteiger partial charge on any atom is -0.483 e. The number of para-hydroxylation sites is 1. The smallest absolute Gasteiger partial charge is 0.343 e. The highest BCUT2D eigenvalue weighted by molar-refractivity contribution is 6.04. The molecular formula is C30H26N2O4. The van der Waals surface area contributed by atoms with Gasteiger partial charge in [-0.15, -0.1) is 6.58 Å². The van der Waals surface area contributed by atoms with Crippen LogP contribution < -0.4 is 14.9 Å². The number of carbonyl (C=O) groups is 2. The predicted octanol–water partition coefficient (Wildman–Crippen LogP) is 5.63. The molecule has 0 aliphatic heterocycles. The summed E-state index contributed by atoms with van der Waals surface area (Å²) in [5.74, 6) is 0.0661.